The van der Waals surface area contributed by atoms with Crippen LogP contribution >= 0.6 is 11.6 Å². The minimum Gasteiger partial charge on any atom is -0.494 e. The molecule has 0 bridgehead atoms. The molecule has 1 amide bonds. The van der Waals surface area contributed by atoms with Gasteiger partial charge in [-0.2, -0.15) is 0 Å². The smallest absolute Gasteiger partial charge is 0.263 e. The Bertz CT molecular complexity index is 1380. The Balaban J connectivity index is 1.61. The molecule has 36 heavy (non-hydrogen) atoms. The van der Waals surface area contributed by atoms with Crippen molar-refractivity contribution in [2.75, 3.05) is 13.2 Å². The molecular weight excluding hydrogens is 476 g/mol. The molecule has 0 radical (unpaired) electrons. The number of amides is 1. The third-order valence-electron chi connectivity index (χ3n) is 6.48. The monoisotopic (exact) mass is 504 g/mol. The predicted molar refractivity (Wildman–Crippen MR) is 143 cm³/mol. The van der Waals surface area contributed by atoms with Crippen LogP contribution in [0.5, 0.6) is 5.75 Å². The SMILES string of the molecule is CCCCOc1cc(Cl)cc(-c2cc(C3=CNC(=C4CCC4)NC3=O)cn(C3=CNCC=C3)c2=O)c1. The highest BCUT2D eigenvalue weighted by molar-refractivity contribution is 6.31. The standard InChI is InChI=1S/C28H29ClN4O3/c1-2-3-10-36-23-12-19(11-21(29)14-23)24-13-20(17-33(28(24)35)22-8-5-9-30-15-22)25-16-31-26(32-27(25)34)18-6-4-7-18/h5,8,11-17,30-31H,2-4,6-7,9-10H2,1H3,(H,32,34). The summed E-state index contributed by atoms with van der Waals surface area (Å²) in [5, 5.41) is 9.83. The Morgan fingerprint density at radius 3 is 2.64 bits per heavy atom. The fraction of sp³-hybridized carbons (Fsp3) is 0.286. The van der Waals surface area contributed by atoms with Crippen molar-refractivity contribution in [2.45, 2.75) is 39.0 Å². The van der Waals surface area contributed by atoms with Crippen molar-refractivity contribution in [1.29, 1.82) is 0 Å². The van der Waals surface area contributed by atoms with Crippen LogP contribution in [0.4, 0.5) is 0 Å². The first-order chi connectivity index (χ1) is 17.5. The minimum absolute atomic E-state index is 0.208. The zero-order valence-corrected chi connectivity index (χ0v) is 21.0. The van der Waals surface area contributed by atoms with Gasteiger partial charge in [0.2, 0.25) is 0 Å². The third-order valence-corrected chi connectivity index (χ3v) is 6.70. The van der Waals surface area contributed by atoms with Gasteiger partial charge in [-0.1, -0.05) is 31.0 Å². The summed E-state index contributed by atoms with van der Waals surface area (Å²) in [4.78, 5) is 26.8. The van der Waals surface area contributed by atoms with Gasteiger partial charge in [-0.3, -0.25) is 14.2 Å². The van der Waals surface area contributed by atoms with Gasteiger partial charge in [-0.15, -0.1) is 0 Å². The number of rotatable bonds is 7. The number of carbonyl (C=O) groups is 1. The molecule has 0 unspecified atom stereocenters. The van der Waals surface area contributed by atoms with E-state index >= 15 is 0 Å². The van der Waals surface area contributed by atoms with Crippen LogP contribution < -0.4 is 26.2 Å². The second-order valence-electron chi connectivity index (χ2n) is 9.06. The summed E-state index contributed by atoms with van der Waals surface area (Å²) < 4.78 is 7.43. The largest absolute Gasteiger partial charge is 0.494 e. The molecule has 3 N–H and O–H groups in total. The van der Waals surface area contributed by atoms with Crippen molar-refractivity contribution in [1.82, 2.24) is 20.5 Å². The quantitative estimate of drug-likeness (QED) is 0.473. The molecule has 5 rings (SSSR count). The molecule has 1 saturated carbocycles. The van der Waals surface area contributed by atoms with Gasteiger partial charge in [0, 0.05) is 41.3 Å². The van der Waals surface area contributed by atoms with E-state index in [1.165, 1.54) is 5.57 Å². The first-order valence-corrected chi connectivity index (χ1v) is 12.7. The number of unbranched alkanes of at least 4 members (excludes halogenated alkanes) is 1. The molecule has 1 aliphatic carbocycles. The van der Waals surface area contributed by atoms with E-state index in [-0.39, 0.29) is 11.5 Å². The molecule has 186 valence electrons. The molecule has 0 spiro atoms. The minimum atomic E-state index is -0.220. The lowest BCUT2D eigenvalue weighted by molar-refractivity contribution is -0.115. The Morgan fingerprint density at radius 1 is 1.08 bits per heavy atom. The van der Waals surface area contributed by atoms with E-state index in [0.29, 0.717) is 51.9 Å². The van der Waals surface area contributed by atoms with Crippen LogP contribution in [0.1, 0.15) is 44.6 Å². The molecule has 7 nitrogen and oxygen atoms in total. The molecule has 8 heteroatoms. The van der Waals surface area contributed by atoms with E-state index in [2.05, 4.69) is 22.9 Å². The van der Waals surface area contributed by atoms with E-state index in [9.17, 15) is 9.59 Å². The summed E-state index contributed by atoms with van der Waals surface area (Å²) in [6, 6.07) is 7.06. The highest BCUT2D eigenvalue weighted by atomic mass is 35.5. The Kier molecular flexibility index (Phi) is 7.00. The topological polar surface area (TPSA) is 84.4 Å². The number of aromatic nitrogens is 1. The van der Waals surface area contributed by atoms with Crippen LogP contribution in [0.2, 0.25) is 5.02 Å². The van der Waals surface area contributed by atoms with Crippen molar-refractivity contribution in [3.05, 3.63) is 87.3 Å². The number of dihydropyridines is 1. The number of hydrogen-bond acceptors (Lipinski definition) is 5. The lowest BCUT2D eigenvalue weighted by Crippen LogP contribution is -2.37. The highest BCUT2D eigenvalue weighted by Gasteiger charge is 2.24. The van der Waals surface area contributed by atoms with Crippen LogP contribution in [0, 0.1) is 0 Å². The van der Waals surface area contributed by atoms with E-state index in [4.69, 9.17) is 16.3 Å². The second-order valence-corrected chi connectivity index (χ2v) is 9.50. The predicted octanol–water partition coefficient (Wildman–Crippen LogP) is 4.76. The van der Waals surface area contributed by atoms with Crippen molar-refractivity contribution >= 4 is 28.8 Å². The molecule has 1 aromatic carbocycles. The van der Waals surface area contributed by atoms with Gasteiger partial charge in [-0.25, -0.2) is 0 Å². The van der Waals surface area contributed by atoms with Gasteiger partial charge in [-0.05, 0) is 67.2 Å². The molecule has 0 saturated heterocycles. The number of carbonyl (C=O) groups excluding carboxylic acids is 1. The lowest BCUT2D eigenvalue weighted by atomic mass is 9.91. The molecule has 2 aromatic rings. The number of allylic oxidation sites excluding steroid dienone is 3. The highest BCUT2D eigenvalue weighted by Crippen LogP contribution is 2.31. The average Bonchev–Trinajstić information content (AvgIpc) is 2.84. The third kappa shape index (κ3) is 4.97. The maximum Gasteiger partial charge on any atom is 0.263 e. The number of nitrogens with zero attached hydrogens (tertiary/aromatic N) is 1. The van der Waals surface area contributed by atoms with Crippen LogP contribution in [0.3, 0.4) is 0 Å². The first-order valence-electron chi connectivity index (χ1n) is 12.3. The van der Waals surface area contributed by atoms with Crippen molar-refractivity contribution in [3.8, 4) is 16.9 Å². The van der Waals surface area contributed by atoms with Crippen molar-refractivity contribution in [3.63, 3.8) is 0 Å². The van der Waals surface area contributed by atoms with Gasteiger partial charge in [0.15, 0.2) is 0 Å². The molecule has 1 fully saturated rings. The zero-order valence-electron chi connectivity index (χ0n) is 20.2. The number of pyridine rings is 1. The van der Waals surface area contributed by atoms with Gasteiger partial charge in [0.1, 0.15) is 11.6 Å². The van der Waals surface area contributed by atoms with Gasteiger partial charge in [0.25, 0.3) is 11.5 Å². The average molecular weight is 505 g/mol. The summed E-state index contributed by atoms with van der Waals surface area (Å²) in [6.07, 6.45) is 14.1. The van der Waals surface area contributed by atoms with E-state index in [1.54, 1.807) is 41.4 Å². The molecule has 3 aliphatic rings. The maximum absolute atomic E-state index is 13.7. The van der Waals surface area contributed by atoms with Crippen LogP contribution in [-0.4, -0.2) is 23.6 Å². The van der Waals surface area contributed by atoms with Gasteiger partial charge < -0.3 is 20.7 Å². The Morgan fingerprint density at radius 2 is 1.94 bits per heavy atom. The Hall–Kier alpha value is -3.71. The van der Waals surface area contributed by atoms with Crippen molar-refractivity contribution in [2.24, 2.45) is 0 Å². The van der Waals surface area contributed by atoms with E-state index in [1.807, 2.05) is 18.2 Å². The summed E-state index contributed by atoms with van der Waals surface area (Å²) in [5.74, 6) is 1.17. The molecular formula is C28H29ClN4O3. The number of benzene rings is 1. The molecule has 1 aromatic heterocycles. The van der Waals surface area contributed by atoms with Gasteiger partial charge in [0.05, 0.1) is 17.9 Å². The fourth-order valence-electron chi connectivity index (χ4n) is 4.31. The van der Waals surface area contributed by atoms with Crippen LogP contribution in [0.15, 0.2) is 71.2 Å². The van der Waals surface area contributed by atoms with E-state index in [0.717, 1.165) is 37.9 Å². The first kappa shape index (κ1) is 24.0. The number of nitrogens with one attached hydrogen (secondary N) is 3. The van der Waals surface area contributed by atoms with E-state index < -0.39 is 0 Å². The summed E-state index contributed by atoms with van der Waals surface area (Å²) in [7, 11) is 0. The van der Waals surface area contributed by atoms with Crippen molar-refractivity contribution < 1.29 is 9.53 Å². The number of hydrogen-bond donors (Lipinski definition) is 3. The Labute approximate surface area is 215 Å². The summed E-state index contributed by atoms with van der Waals surface area (Å²) in [6.45, 7) is 3.35. The van der Waals surface area contributed by atoms with Gasteiger partial charge >= 0.3 is 0 Å². The number of halogens is 1. The number of ether oxygens (including phenoxy) is 1. The van der Waals surface area contributed by atoms with Crippen LogP contribution in [0.25, 0.3) is 22.4 Å². The fourth-order valence-corrected chi connectivity index (χ4v) is 4.53. The molecule has 2 aliphatic heterocycles. The zero-order chi connectivity index (χ0) is 25.1. The summed E-state index contributed by atoms with van der Waals surface area (Å²) in [5.41, 5.74) is 3.79. The van der Waals surface area contributed by atoms with Crippen LogP contribution in [-0.2, 0) is 4.79 Å². The second kappa shape index (κ2) is 10.5. The normalized spacial score (nSPS) is 16.9. The summed E-state index contributed by atoms with van der Waals surface area (Å²) >= 11 is 6.42. The lowest BCUT2D eigenvalue weighted by Gasteiger charge is -2.26. The molecule has 0 atom stereocenters. The molecule has 3 heterocycles. The maximum atomic E-state index is 13.7.